The molecule has 2 aromatic carbocycles. The zero-order valence-corrected chi connectivity index (χ0v) is 14.4. The summed E-state index contributed by atoms with van der Waals surface area (Å²) in [7, 11) is 0. The number of aliphatic imine (C=N–C) groups is 1. The van der Waals surface area contributed by atoms with Crippen LogP contribution in [0.3, 0.4) is 0 Å². The van der Waals surface area contributed by atoms with Crippen molar-refractivity contribution in [2.24, 2.45) is 4.99 Å². The first-order chi connectivity index (χ1) is 12.6. The Morgan fingerprint density at radius 1 is 1.00 bits per heavy atom. The summed E-state index contributed by atoms with van der Waals surface area (Å²) in [4.78, 5) is 32.6. The van der Waals surface area contributed by atoms with Gasteiger partial charge in [-0.2, -0.15) is 0 Å². The molecular formula is C22H18N2O2. The number of hydrogen-bond acceptors (Lipinski definition) is 3. The lowest BCUT2D eigenvalue weighted by atomic mass is 9.83. The number of nitrogens with zero attached hydrogens (tertiary/aromatic N) is 2. The molecule has 2 aliphatic rings. The smallest absolute Gasteiger partial charge is 0.265 e. The SMILES string of the molecule is CC1=CN2C(=O)C(CC(=O)c3ccccc3)(c3ccccc3)N=C2C=C1. The molecular weight excluding hydrogens is 324 g/mol. The maximum Gasteiger partial charge on any atom is 0.265 e. The Kier molecular flexibility index (Phi) is 3.88. The van der Waals surface area contributed by atoms with Crippen molar-refractivity contribution in [2.45, 2.75) is 18.9 Å². The third-order valence-electron chi connectivity index (χ3n) is 4.72. The summed E-state index contributed by atoms with van der Waals surface area (Å²) in [5, 5.41) is 0. The van der Waals surface area contributed by atoms with Gasteiger partial charge in [-0.1, -0.05) is 66.7 Å². The number of amides is 1. The van der Waals surface area contributed by atoms with Crippen LogP contribution in [0.4, 0.5) is 0 Å². The van der Waals surface area contributed by atoms with E-state index >= 15 is 0 Å². The molecule has 0 N–H and O–H groups in total. The number of hydrogen-bond donors (Lipinski definition) is 0. The summed E-state index contributed by atoms with van der Waals surface area (Å²) < 4.78 is 0. The van der Waals surface area contributed by atoms with Gasteiger partial charge in [0.25, 0.3) is 5.91 Å². The molecule has 0 spiro atoms. The van der Waals surface area contributed by atoms with E-state index in [1.165, 1.54) is 0 Å². The average Bonchev–Trinajstić information content (AvgIpc) is 2.96. The summed E-state index contributed by atoms with van der Waals surface area (Å²) >= 11 is 0. The van der Waals surface area contributed by atoms with Crippen LogP contribution in [-0.4, -0.2) is 22.4 Å². The molecule has 0 radical (unpaired) electrons. The van der Waals surface area contributed by atoms with Gasteiger partial charge in [0.15, 0.2) is 11.3 Å². The molecule has 0 aliphatic carbocycles. The molecule has 4 rings (SSSR count). The van der Waals surface area contributed by atoms with Crippen LogP contribution in [0.5, 0.6) is 0 Å². The molecule has 0 aromatic heterocycles. The normalized spacial score (nSPS) is 21.3. The Bertz CT molecular complexity index is 958. The van der Waals surface area contributed by atoms with Crippen molar-refractivity contribution in [3.63, 3.8) is 0 Å². The Hall–Kier alpha value is -3.27. The molecule has 0 saturated carbocycles. The van der Waals surface area contributed by atoms with Crippen molar-refractivity contribution in [2.75, 3.05) is 0 Å². The molecule has 1 amide bonds. The first-order valence-electron chi connectivity index (χ1n) is 8.54. The standard InChI is InChI=1S/C22H18N2O2/c1-16-12-13-20-23-22(21(26)24(20)15-16,18-10-6-3-7-11-18)14-19(25)17-8-4-2-5-9-17/h2-13,15H,14H2,1H3. The van der Waals surface area contributed by atoms with Gasteiger partial charge < -0.3 is 0 Å². The fourth-order valence-corrected chi connectivity index (χ4v) is 3.37. The van der Waals surface area contributed by atoms with Gasteiger partial charge in [0, 0.05) is 18.2 Å². The molecule has 1 unspecified atom stereocenters. The van der Waals surface area contributed by atoms with Crippen LogP contribution in [0, 0.1) is 0 Å². The third kappa shape index (κ3) is 2.60. The molecule has 2 aliphatic heterocycles. The second-order valence-corrected chi connectivity index (χ2v) is 6.54. The van der Waals surface area contributed by atoms with Gasteiger partial charge in [0.05, 0.1) is 0 Å². The first kappa shape index (κ1) is 16.2. The zero-order chi connectivity index (χ0) is 18.1. The maximum absolute atomic E-state index is 13.4. The minimum Gasteiger partial charge on any atom is -0.294 e. The predicted molar refractivity (Wildman–Crippen MR) is 101 cm³/mol. The lowest BCUT2D eigenvalue weighted by Crippen LogP contribution is -2.40. The number of ketones is 1. The van der Waals surface area contributed by atoms with E-state index in [1.54, 1.807) is 23.2 Å². The van der Waals surface area contributed by atoms with Gasteiger partial charge in [0.2, 0.25) is 0 Å². The van der Waals surface area contributed by atoms with Crippen LogP contribution in [0.2, 0.25) is 0 Å². The van der Waals surface area contributed by atoms with Gasteiger partial charge >= 0.3 is 0 Å². The molecule has 2 heterocycles. The fraction of sp³-hybridized carbons (Fsp3) is 0.136. The largest absolute Gasteiger partial charge is 0.294 e. The van der Waals surface area contributed by atoms with Crippen LogP contribution < -0.4 is 0 Å². The molecule has 1 atom stereocenters. The van der Waals surface area contributed by atoms with Crippen LogP contribution in [-0.2, 0) is 10.3 Å². The molecule has 26 heavy (non-hydrogen) atoms. The average molecular weight is 342 g/mol. The van der Waals surface area contributed by atoms with Gasteiger partial charge in [-0.15, -0.1) is 0 Å². The number of carbonyl (C=O) groups is 2. The predicted octanol–water partition coefficient (Wildman–Crippen LogP) is 3.87. The molecule has 128 valence electrons. The fourth-order valence-electron chi connectivity index (χ4n) is 3.37. The number of carbonyl (C=O) groups excluding carboxylic acids is 2. The van der Waals surface area contributed by atoms with Gasteiger partial charge in [-0.25, -0.2) is 4.99 Å². The molecule has 0 fully saturated rings. The van der Waals surface area contributed by atoms with Crippen molar-refractivity contribution < 1.29 is 9.59 Å². The lowest BCUT2D eigenvalue weighted by Gasteiger charge is -2.25. The summed E-state index contributed by atoms with van der Waals surface area (Å²) in [5.74, 6) is 0.286. The van der Waals surface area contributed by atoms with E-state index in [0.717, 1.165) is 11.1 Å². The van der Waals surface area contributed by atoms with Crippen LogP contribution in [0.1, 0.15) is 29.3 Å². The Morgan fingerprint density at radius 2 is 1.65 bits per heavy atom. The first-order valence-corrected chi connectivity index (χ1v) is 8.54. The highest BCUT2D eigenvalue weighted by molar-refractivity contribution is 6.16. The Morgan fingerprint density at radius 3 is 2.35 bits per heavy atom. The number of amidine groups is 1. The van der Waals surface area contributed by atoms with E-state index in [9.17, 15) is 9.59 Å². The zero-order valence-electron chi connectivity index (χ0n) is 14.4. The van der Waals surface area contributed by atoms with Crippen molar-refractivity contribution in [3.8, 4) is 0 Å². The Labute approximate surface area is 152 Å². The van der Waals surface area contributed by atoms with E-state index in [1.807, 2.05) is 67.6 Å². The molecule has 0 bridgehead atoms. The lowest BCUT2D eigenvalue weighted by molar-refractivity contribution is -0.129. The topological polar surface area (TPSA) is 49.7 Å². The highest BCUT2D eigenvalue weighted by atomic mass is 16.2. The molecule has 0 saturated heterocycles. The number of Topliss-reactive ketones (excluding diaryl/α,β-unsaturated/α-hetero) is 1. The second kappa shape index (κ2) is 6.23. The summed E-state index contributed by atoms with van der Waals surface area (Å²) in [6, 6.07) is 18.4. The van der Waals surface area contributed by atoms with Gasteiger partial charge in [-0.3, -0.25) is 14.5 Å². The van der Waals surface area contributed by atoms with E-state index in [0.29, 0.717) is 11.4 Å². The molecule has 4 nitrogen and oxygen atoms in total. The number of rotatable bonds is 4. The van der Waals surface area contributed by atoms with E-state index in [2.05, 4.69) is 0 Å². The highest BCUT2D eigenvalue weighted by Crippen LogP contribution is 2.39. The maximum atomic E-state index is 13.4. The summed E-state index contributed by atoms with van der Waals surface area (Å²) in [6.45, 7) is 1.93. The monoisotopic (exact) mass is 342 g/mol. The quantitative estimate of drug-likeness (QED) is 0.792. The van der Waals surface area contributed by atoms with Crippen molar-refractivity contribution >= 4 is 17.5 Å². The number of fused-ring (bicyclic) bond motifs is 1. The molecule has 2 aromatic rings. The van der Waals surface area contributed by atoms with Crippen molar-refractivity contribution in [1.29, 1.82) is 0 Å². The van der Waals surface area contributed by atoms with Crippen LogP contribution >= 0.6 is 0 Å². The minimum atomic E-state index is -1.23. The summed E-state index contributed by atoms with van der Waals surface area (Å²) in [5.41, 5.74) is 1.06. The van der Waals surface area contributed by atoms with Gasteiger partial charge in [-0.05, 0) is 24.1 Å². The highest BCUT2D eigenvalue weighted by Gasteiger charge is 2.50. The van der Waals surface area contributed by atoms with E-state index in [-0.39, 0.29) is 18.1 Å². The summed E-state index contributed by atoms with van der Waals surface area (Å²) in [6.07, 6.45) is 5.52. The van der Waals surface area contributed by atoms with Crippen LogP contribution in [0.25, 0.3) is 0 Å². The van der Waals surface area contributed by atoms with Crippen molar-refractivity contribution in [1.82, 2.24) is 4.90 Å². The molecule has 4 heteroatoms. The second-order valence-electron chi connectivity index (χ2n) is 6.54. The van der Waals surface area contributed by atoms with E-state index in [4.69, 9.17) is 4.99 Å². The minimum absolute atomic E-state index is 0.000583. The number of benzene rings is 2. The van der Waals surface area contributed by atoms with E-state index < -0.39 is 5.54 Å². The number of allylic oxidation sites excluding steroid dienone is 2. The Balaban J connectivity index is 1.80. The van der Waals surface area contributed by atoms with Crippen molar-refractivity contribution in [3.05, 3.63) is 95.7 Å². The van der Waals surface area contributed by atoms with Gasteiger partial charge in [0.1, 0.15) is 5.84 Å². The van der Waals surface area contributed by atoms with Crippen LogP contribution in [0.15, 0.2) is 89.6 Å². The third-order valence-corrected chi connectivity index (χ3v) is 4.72.